The van der Waals surface area contributed by atoms with Crippen molar-refractivity contribution >= 4 is 24.8 Å². The van der Waals surface area contributed by atoms with Crippen LogP contribution in [0.15, 0.2) is 36.7 Å². The first-order chi connectivity index (χ1) is 7.79. The molecule has 0 radical (unpaired) electrons. The second kappa shape index (κ2) is 8.03. The molecule has 0 atom stereocenters. The van der Waals surface area contributed by atoms with Crippen molar-refractivity contribution in [3.63, 3.8) is 0 Å². The molecule has 0 amide bonds. The Bertz CT molecular complexity index is 455. The number of nitrogens with zero attached hydrogens (tertiary/aromatic N) is 2. The largest absolute Gasteiger partial charge is 0.330 e. The van der Waals surface area contributed by atoms with Gasteiger partial charge in [0.15, 0.2) is 0 Å². The van der Waals surface area contributed by atoms with Crippen molar-refractivity contribution in [2.24, 2.45) is 5.73 Å². The van der Waals surface area contributed by atoms with Crippen LogP contribution in [0.3, 0.4) is 0 Å². The van der Waals surface area contributed by atoms with Crippen molar-refractivity contribution in [2.75, 3.05) is 6.54 Å². The highest BCUT2D eigenvalue weighted by atomic mass is 35.5. The van der Waals surface area contributed by atoms with Crippen molar-refractivity contribution in [1.29, 1.82) is 0 Å². The van der Waals surface area contributed by atoms with E-state index in [1.165, 1.54) is 0 Å². The molecule has 0 unspecified atom stereocenters. The molecule has 2 aromatic rings. The van der Waals surface area contributed by atoms with Crippen molar-refractivity contribution < 1.29 is 0 Å². The van der Waals surface area contributed by atoms with E-state index in [-0.39, 0.29) is 24.8 Å². The minimum Gasteiger partial charge on any atom is -0.330 e. The summed E-state index contributed by atoms with van der Waals surface area (Å²) in [5.41, 5.74) is 9.72. The predicted octanol–water partition coefficient (Wildman–Crippen LogP) is 2.80. The van der Waals surface area contributed by atoms with Crippen molar-refractivity contribution in [1.82, 2.24) is 9.97 Å². The molecule has 0 aliphatic rings. The van der Waals surface area contributed by atoms with Gasteiger partial charge in [0.2, 0.25) is 0 Å². The van der Waals surface area contributed by atoms with Gasteiger partial charge >= 0.3 is 0 Å². The number of aromatic nitrogens is 2. The van der Waals surface area contributed by atoms with E-state index in [0.29, 0.717) is 6.54 Å². The van der Waals surface area contributed by atoms with E-state index in [1.807, 2.05) is 31.5 Å². The summed E-state index contributed by atoms with van der Waals surface area (Å²) in [6, 6.07) is 8.14. The van der Waals surface area contributed by atoms with E-state index >= 15 is 0 Å². The summed E-state index contributed by atoms with van der Waals surface area (Å²) >= 11 is 0. The summed E-state index contributed by atoms with van der Waals surface area (Å²) in [5, 5.41) is 0. The third kappa shape index (κ3) is 4.26. The number of hydrogen-bond acceptors (Lipinski definition) is 3. The number of hydrogen-bond donors (Lipinski definition) is 1. The zero-order valence-corrected chi connectivity index (χ0v) is 11.8. The highest BCUT2D eigenvalue weighted by molar-refractivity contribution is 5.85. The van der Waals surface area contributed by atoms with E-state index in [0.717, 1.165) is 28.9 Å². The Hall–Kier alpha value is -1.16. The molecule has 2 N–H and O–H groups in total. The SMILES string of the molecule is Cc1ccc(-c2ccc(CCN)nc2)cn1.Cl.Cl. The van der Waals surface area contributed by atoms with Crippen LogP contribution in [0.4, 0.5) is 0 Å². The molecule has 98 valence electrons. The molecule has 0 aliphatic carbocycles. The molecule has 0 bridgehead atoms. The van der Waals surface area contributed by atoms with Gasteiger partial charge < -0.3 is 5.73 Å². The van der Waals surface area contributed by atoms with Gasteiger partial charge in [-0.25, -0.2) is 0 Å². The van der Waals surface area contributed by atoms with Gasteiger partial charge in [0.05, 0.1) is 0 Å². The molecule has 0 saturated heterocycles. The lowest BCUT2D eigenvalue weighted by atomic mass is 10.1. The molecular weight excluding hydrogens is 269 g/mol. The maximum absolute atomic E-state index is 5.48. The highest BCUT2D eigenvalue weighted by Crippen LogP contribution is 2.17. The van der Waals surface area contributed by atoms with Crippen LogP contribution in [0, 0.1) is 6.92 Å². The molecule has 2 heterocycles. The van der Waals surface area contributed by atoms with Gasteiger partial charge in [-0.1, -0.05) is 12.1 Å². The smallest absolute Gasteiger partial charge is 0.0416 e. The molecule has 2 rings (SSSR count). The summed E-state index contributed by atoms with van der Waals surface area (Å²) in [6.45, 7) is 2.62. The normalized spacial score (nSPS) is 9.22. The Morgan fingerprint density at radius 1 is 0.944 bits per heavy atom. The Morgan fingerprint density at radius 3 is 2.00 bits per heavy atom. The number of nitrogens with two attached hydrogens (primary N) is 1. The monoisotopic (exact) mass is 285 g/mol. The van der Waals surface area contributed by atoms with Crippen LogP contribution >= 0.6 is 24.8 Å². The lowest BCUT2D eigenvalue weighted by Crippen LogP contribution is -2.03. The van der Waals surface area contributed by atoms with Crippen molar-refractivity contribution in [2.45, 2.75) is 13.3 Å². The average molecular weight is 286 g/mol. The average Bonchev–Trinajstić information content (AvgIpc) is 2.32. The number of pyridine rings is 2. The molecule has 18 heavy (non-hydrogen) atoms. The molecule has 0 saturated carbocycles. The third-order valence-electron chi connectivity index (χ3n) is 2.47. The number of halogens is 2. The van der Waals surface area contributed by atoms with Gasteiger partial charge in [-0.3, -0.25) is 9.97 Å². The van der Waals surface area contributed by atoms with Crippen LogP contribution < -0.4 is 5.73 Å². The maximum atomic E-state index is 5.48. The van der Waals surface area contributed by atoms with E-state index in [4.69, 9.17) is 5.73 Å². The Labute approximate surface area is 120 Å². The summed E-state index contributed by atoms with van der Waals surface area (Å²) in [7, 11) is 0. The topological polar surface area (TPSA) is 51.8 Å². The van der Waals surface area contributed by atoms with Gasteiger partial charge in [0.25, 0.3) is 0 Å². The molecule has 2 aromatic heterocycles. The zero-order chi connectivity index (χ0) is 11.4. The summed E-state index contributed by atoms with van der Waals surface area (Å²) in [5.74, 6) is 0. The van der Waals surface area contributed by atoms with Gasteiger partial charge in [-0.15, -0.1) is 24.8 Å². The van der Waals surface area contributed by atoms with Gasteiger partial charge in [0.1, 0.15) is 0 Å². The summed E-state index contributed by atoms with van der Waals surface area (Å²) in [4.78, 5) is 8.63. The van der Waals surface area contributed by atoms with Gasteiger partial charge in [-0.05, 0) is 25.6 Å². The summed E-state index contributed by atoms with van der Waals surface area (Å²) in [6.07, 6.45) is 4.57. The van der Waals surface area contributed by atoms with Gasteiger partial charge in [-0.2, -0.15) is 0 Å². The van der Waals surface area contributed by atoms with Crippen LogP contribution in [0.25, 0.3) is 11.1 Å². The number of aryl methyl sites for hydroxylation is 1. The molecule has 0 aromatic carbocycles. The fourth-order valence-corrected chi connectivity index (χ4v) is 1.53. The second-order valence-corrected chi connectivity index (χ2v) is 3.77. The highest BCUT2D eigenvalue weighted by Gasteiger charge is 1.99. The first-order valence-electron chi connectivity index (χ1n) is 5.37. The molecule has 0 fully saturated rings. The van der Waals surface area contributed by atoms with E-state index in [2.05, 4.69) is 22.1 Å². The molecule has 0 spiro atoms. The quantitative estimate of drug-likeness (QED) is 0.944. The predicted molar refractivity (Wildman–Crippen MR) is 79.5 cm³/mol. The minimum atomic E-state index is 0. The first kappa shape index (κ1) is 16.8. The Kier molecular flexibility index (Phi) is 7.51. The molecular formula is C13H17Cl2N3. The van der Waals surface area contributed by atoms with Crippen LogP contribution in [0.5, 0.6) is 0 Å². The fraction of sp³-hybridized carbons (Fsp3) is 0.231. The van der Waals surface area contributed by atoms with Crippen LogP contribution in [0.1, 0.15) is 11.4 Å². The molecule has 5 heteroatoms. The fourth-order valence-electron chi connectivity index (χ4n) is 1.53. The van der Waals surface area contributed by atoms with E-state index in [9.17, 15) is 0 Å². The zero-order valence-electron chi connectivity index (χ0n) is 10.2. The van der Waals surface area contributed by atoms with Crippen molar-refractivity contribution in [3.8, 4) is 11.1 Å². The van der Waals surface area contributed by atoms with Gasteiger partial charge in [0, 0.05) is 41.3 Å². The van der Waals surface area contributed by atoms with Crippen LogP contribution in [0.2, 0.25) is 0 Å². The minimum absolute atomic E-state index is 0. The third-order valence-corrected chi connectivity index (χ3v) is 2.47. The van der Waals surface area contributed by atoms with E-state index in [1.54, 1.807) is 0 Å². The molecule has 0 aliphatic heterocycles. The van der Waals surface area contributed by atoms with Crippen LogP contribution in [-0.4, -0.2) is 16.5 Å². The van der Waals surface area contributed by atoms with Crippen molar-refractivity contribution in [3.05, 3.63) is 48.0 Å². The second-order valence-electron chi connectivity index (χ2n) is 3.77. The first-order valence-corrected chi connectivity index (χ1v) is 5.37. The number of rotatable bonds is 3. The maximum Gasteiger partial charge on any atom is 0.0416 e. The summed E-state index contributed by atoms with van der Waals surface area (Å²) < 4.78 is 0. The molecule has 3 nitrogen and oxygen atoms in total. The Morgan fingerprint density at radius 2 is 1.56 bits per heavy atom. The van der Waals surface area contributed by atoms with Crippen LogP contribution in [-0.2, 0) is 6.42 Å². The Balaban J connectivity index is 0.00000144. The van der Waals surface area contributed by atoms with E-state index < -0.39 is 0 Å². The lowest BCUT2D eigenvalue weighted by molar-refractivity contribution is 0.924. The standard InChI is InChI=1S/C13H15N3.2ClH/c1-10-2-3-11(8-15-10)12-4-5-13(6-7-14)16-9-12;;/h2-5,8-9H,6-7,14H2,1H3;2*1H. The lowest BCUT2D eigenvalue weighted by Gasteiger charge is -2.02.